The molecule has 8 aliphatic rings. The van der Waals surface area contributed by atoms with Gasteiger partial charge in [-0.05, 0) is 145 Å². The van der Waals surface area contributed by atoms with Crippen LogP contribution in [-0.4, -0.2) is 118 Å². The van der Waals surface area contributed by atoms with E-state index >= 15 is 4.79 Å². The van der Waals surface area contributed by atoms with Crippen LogP contribution in [0.4, 0.5) is 0 Å². The van der Waals surface area contributed by atoms with E-state index in [9.17, 15) is 30.0 Å². The zero-order valence-corrected chi connectivity index (χ0v) is 45.9. The van der Waals surface area contributed by atoms with Crippen LogP contribution in [0.2, 0.25) is 0 Å². The molecule has 1 spiro atoms. The molecule has 0 aromatic heterocycles. The van der Waals surface area contributed by atoms with Crippen LogP contribution < -0.4 is 20.7 Å². The molecule has 15 heteroatoms. The Bertz CT molecular complexity index is 2170. The highest BCUT2D eigenvalue weighted by molar-refractivity contribution is 8.76. The molecule has 73 heavy (non-hydrogen) atoms. The van der Waals surface area contributed by atoms with Gasteiger partial charge >= 0.3 is 11.9 Å². The number of aliphatic hydroxyl groups is 3. The van der Waals surface area contributed by atoms with Crippen LogP contribution >= 0.6 is 21.6 Å². The zero-order valence-electron chi connectivity index (χ0n) is 44.2. The van der Waals surface area contributed by atoms with Gasteiger partial charge in [0.2, 0.25) is 5.91 Å². The van der Waals surface area contributed by atoms with Gasteiger partial charge in [0.1, 0.15) is 17.7 Å². The van der Waals surface area contributed by atoms with Crippen molar-refractivity contribution in [3.63, 3.8) is 0 Å². The van der Waals surface area contributed by atoms with Crippen molar-refractivity contribution in [3.8, 4) is 23.3 Å². The van der Waals surface area contributed by atoms with Gasteiger partial charge in [0.05, 0.1) is 18.3 Å². The van der Waals surface area contributed by atoms with Gasteiger partial charge in [-0.1, -0.05) is 73.1 Å². The normalized spacial score (nSPS) is 37.4. The lowest BCUT2D eigenvalue weighted by atomic mass is 9.51. The molecule has 0 bridgehead atoms. The van der Waals surface area contributed by atoms with Crippen molar-refractivity contribution in [2.24, 2.45) is 46.3 Å². The highest BCUT2D eigenvalue weighted by Crippen LogP contribution is 2.65. The fourth-order valence-corrected chi connectivity index (χ4v) is 18.6. The molecule has 9 rings (SSSR count). The zero-order chi connectivity index (χ0) is 51.5. The molecular formula is C58H87N3O10S2. The summed E-state index contributed by atoms with van der Waals surface area (Å²) in [7, 11) is 3.31. The van der Waals surface area contributed by atoms with Crippen LogP contribution in [0.1, 0.15) is 179 Å². The number of carbonyl (C=O) groups excluding carboxylic acids is 3. The number of ether oxygens (including phenoxy) is 3. The smallest absolute Gasteiger partial charge is 0.332 e. The van der Waals surface area contributed by atoms with Crippen molar-refractivity contribution in [2.75, 3.05) is 44.4 Å². The van der Waals surface area contributed by atoms with Gasteiger partial charge < -0.3 is 50.6 Å². The topological polar surface area (TPSA) is 196 Å². The van der Waals surface area contributed by atoms with Crippen LogP contribution in [0.25, 0.3) is 0 Å². The van der Waals surface area contributed by atoms with Crippen LogP contribution in [0.3, 0.4) is 0 Å². The average Bonchev–Trinajstić information content (AvgIpc) is 3.85. The van der Waals surface area contributed by atoms with E-state index in [4.69, 9.17) is 14.2 Å². The third kappa shape index (κ3) is 11.6. The number of piperidine rings is 2. The SMILES string of the molecule is CC(=O)O[C@H]1C[C@@H](OC(=O)[C@]23CCCC[C@H]2CCC(=O)N3)C2(CCNCC2)[C@@H]2c3ccc(O)c4c3[C@H](C[C@@H]2C#CC[C@@H]2C[C@](C)(O)CSSC[C@@H](NCCCC(C)C)[C@H](O)CC[C@@H]21)[C@@H](C1(CO)CCCC1)CO4. The quantitative estimate of drug-likeness (QED) is 0.0512. The first-order valence-electron chi connectivity index (χ1n) is 28.4. The average molecular weight is 1050 g/mol. The van der Waals surface area contributed by atoms with E-state index in [0.717, 1.165) is 75.5 Å². The number of rotatable bonds is 10. The van der Waals surface area contributed by atoms with Crippen molar-refractivity contribution >= 4 is 39.4 Å². The summed E-state index contributed by atoms with van der Waals surface area (Å²) in [6, 6.07) is 3.62. The number of phenols is 1. The van der Waals surface area contributed by atoms with E-state index < -0.39 is 46.8 Å². The second kappa shape index (κ2) is 23.5. The Morgan fingerprint density at radius 1 is 1.00 bits per heavy atom. The number of phenolic OH excluding ortho intramolecular Hbond substituents is 1. The summed E-state index contributed by atoms with van der Waals surface area (Å²) in [5, 5.41) is 58.0. The maximum atomic E-state index is 15.7. The highest BCUT2D eigenvalue weighted by Gasteiger charge is 2.60. The molecule has 7 N–H and O–H groups in total. The Kier molecular flexibility index (Phi) is 17.7. The molecule has 13 nitrogen and oxygen atoms in total. The number of amides is 1. The number of hydrogen-bond donors (Lipinski definition) is 7. The van der Waals surface area contributed by atoms with Crippen molar-refractivity contribution in [1.82, 2.24) is 16.0 Å². The van der Waals surface area contributed by atoms with E-state index in [2.05, 4.69) is 47.7 Å². The number of esters is 2. The van der Waals surface area contributed by atoms with Gasteiger partial charge in [0, 0.05) is 90.4 Å². The Hall–Kier alpha value is -2.71. The minimum Gasteiger partial charge on any atom is -0.504 e. The molecule has 1 amide bonds. The van der Waals surface area contributed by atoms with Crippen molar-refractivity contribution in [1.29, 1.82) is 0 Å². The predicted molar refractivity (Wildman–Crippen MR) is 286 cm³/mol. The first kappa shape index (κ1) is 55.1. The van der Waals surface area contributed by atoms with Crippen LogP contribution in [-0.2, 0) is 23.9 Å². The van der Waals surface area contributed by atoms with Crippen LogP contribution in [0.5, 0.6) is 11.5 Å². The van der Waals surface area contributed by atoms with Gasteiger partial charge in [0.25, 0.3) is 0 Å². The molecule has 406 valence electrons. The van der Waals surface area contributed by atoms with Gasteiger partial charge in [0.15, 0.2) is 11.5 Å². The number of carbonyl (C=O) groups is 3. The molecule has 0 unspecified atom stereocenters. The third-order valence-corrected chi connectivity index (χ3v) is 22.2. The second-order valence-corrected chi connectivity index (χ2v) is 27.2. The van der Waals surface area contributed by atoms with Gasteiger partial charge in [-0.25, -0.2) is 4.79 Å². The molecule has 1 aromatic rings. The van der Waals surface area contributed by atoms with E-state index in [1.165, 1.54) is 6.92 Å². The maximum absolute atomic E-state index is 15.7. The molecular weight excluding hydrogens is 963 g/mol. The first-order valence-corrected chi connectivity index (χ1v) is 30.9. The largest absolute Gasteiger partial charge is 0.504 e. The van der Waals surface area contributed by atoms with E-state index in [1.54, 1.807) is 27.7 Å². The van der Waals surface area contributed by atoms with Gasteiger partial charge in [-0.15, -0.1) is 5.92 Å². The van der Waals surface area contributed by atoms with Crippen molar-refractivity contribution < 1.29 is 49.0 Å². The summed E-state index contributed by atoms with van der Waals surface area (Å²) in [6.07, 6.45) is 11.6. The molecule has 4 heterocycles. The fourth-order valence-electron chi connectivity index (χ4n) is 15.8. The van der Waals surface area contributed by atoms with E-state index in [0.29, 0.717) is 107 Å². The number of aliphatic hydroxyl groups excluding tert-OH is 2. The summed E-state index contributed by atoms with van der Waals surface area (Å²) in [5.41, 5.74) is -1.35. The van der Waals surface area contributed by atoms with Crippen LogP contribution in [0.15, 0.2) is 12.1 Å². The number of nitrogens with one attached hydrogen (secondary N) is 3. The summed E-state index contributed by atoms with van der Waals surface area (Å²) < 4.78 is 20.7. The van der Waals surface area contributed by atoms with E-state index in [-0.39, 0.29) is 77.6 Å². The molecule has 13 atom stereocenters. The summed E-state index contributed by atoms with van der Waals surface area (Å²) in [6.45, 7) is 10.3. The Labute approximate surface area is 443 Å². The monoisotopic (exact) mass is 1050 g/mol. The predicted octanol–water partition coefficient (Wildman–Crippen LogP) is 8.29. The summed E-state index contributed by atoms with van der Waals surface area (Å²) in [4.78, 5) is 42.9. The summed E-state index contributed by atoms with van der Waals surface area (Å²) >= 11 is 0. The van der Waals surface area contributed by atoms with E-state index in [1.807, 2.05) is 6.92 Å². The lowest BCUT2D eigenvalue weighted by molar-refractivity contribution is -0.183. The van der Waals surface area contributed by atoms with Gasteiger partial charge in [-0.2, -0.15) is 0 Å². The number of hydrogen-bond acceptors (Lipinski definition) is 14. The number of fused-ring (bicyclic) bond motifs is 5. The maximum Gasteiger partial charge on any atom is 0.332 e. The second-order valence-electron chi connectivity index (χ2n) is 24.7. The number of aromatic hydroxyl groups is 1. The Morgan fingerprint density at radius 2 is 1.78 bits per heavy atom. The third-order valence-electron chi connectivity index (χ3n) is 19.5. The lowest BCUT2D eigenvalue weighted by Gasteiger charge is -2.56. The number of benzene rings is 1. The molecule has 4 aliphatic heterocycles. The minimum atomic E-state index is -1.17. The highest BCUT2D eigenvalue weighted by atomic mass is 33.1. The van der Waals surface area contributed by atoms with Crippen LogP contribution in [0, 0.1) is 58.2 Å². The Balaban J connectivity index is 1.20. The fraction of sp³-hybridized carbons (Fsp3) is 0.810. The standard InChI is InChI=1S/C58H87N3O10S2/c1-36(2)11-10-26-60-45-33-72-73-35-55(4,68)31-39-13-9-12-38-29-43-44(56(34-62)21-7-8-22-56)32-69-53-47(65)19-17-42(51(43)53)52(38)57(24-27-59-28-25-57)49(30-48(70-37(3)63)41(39)16-18-46(45)64)71-54(67)58-23-6-5-14-40(58)15-20-50(66)61-58/h17,19,36,38-41,43-46,48-49,52,59-60,62,64-65,68H,5-8,10-11,13-16,18,20-35H2,1-4H3,(H,61,66)/t38-,39+,40-,41-,43+,44-,45+,46+,48-,49+,52-,55-,58-/m0/s1. The molecule has 5 fully saturated rings. The van der Waals surface area contributed by atoms with Crippen molar-refractivity contribution in [3.05, 3.63) is 23.3 Å². The molecule has 1 aromatic carbocycles. The van der Waals surface area contributed by atoms with Gasteiger partial charge in [-0.3, -0.25) is 9.59 Å². The molecule has 3 saturated heterocycles. The molecule has 4 aliphatic carbocycles. The Morgan fingerprint density at radius 3 is 2.53 bits per heavy atom. The minimum absolute atomic E-state index is 0.00159. The molecule has 0 radical (unpaired) electrons. The lowest BCUT2D eigenvalue weighted by Crippen LogP contribution is -2.65. The first-order chi connectivity index (χ1) is 35.1. The van der Waals surface area contributed by atoms with Crippen molar-refractivity contribution in [2.45, 2.75) is 203 Å². The summed E-state index contributed by atoms with van der Waals surface area (Å²) in [5.74, 6) is 7.73. The molecule has 2 saturated carbocycles.